The van der Waals surface area contributed by atoms with Crippen LogP contribution in [-0.2, 0) is 9.59 Å². The van der Waals surface area contributed by atoms with Gasteiger partial charge in [-0.2, -0.15) is 0 Å². The summed E-state index contributed by atoms with van der Waals surface area (Å²) in [7, 11) is 0. The van der Waals surface area contributed by atoms with Crippen molar-refractivity contribution < 1.29 is 9.59 Å². The van der Waals surface area contributed by atoms with Gasteiger partial charge in [0.2, 0.25) is 5.91 Å². The summed E-state index contributed by atoms with van der Waals surface area (Å²) in [4.78, 5) is 26.2. The first-order valence-corrected chi connectivity index (χ1v) is 11.7. The second kappa shape index (κ2) is 6.73. The lowest BCUT2D eigenvalue weighted by Gasteiger charge is -2.58. The molecule has 1 heterocycles. The van der Waals surface area contributed by atoms with Crippen LogP contribution in [0.2, 0.25) is 0 Å². The van der Waals surface area contributed by atoms with Crippen molar-refractivity contribution >= 4 is 28.8 Å². The van der Waals surface area contributed by atoms with Gasteiger partial charge in [-0.05, 0) is 67.8 Å². The van der Waals surface area contributed by atoms with Crippen LogP contribution in [0.5, 0.6) is 0 Å². The Balaban J connectivity index is 1.43. The van der Waals surface area contributed by atoms with E-state index in [0.717, 1.165) is 49.0 Å². The molecule has 0 spiro atoms. The number of rotatable bonds is 2. The minimum absolute atomic E-state index is 0.0541. The largest absolute Gasteiger partial charge is 0.349 e. The number of allylic oxidation sites excluding steroid dienone is 4. The highest BCUT2D eigenvalue weighted by Gasteiger charge is 2.61. The third-order valence-electron chi connectivity index (χ3n) is 9.27. The number of amides is 1. The van der Waals surface area contributed by atoms with Crippen LogP contribution in [0.3, 0.4) is 0 Å². The molecule has 7 atom stereocenters. The topological polar surface area (TPSA) is 46.2 Å². The molecule has 1 amide bonds. The van der Waals surface area contributed by atoms with Crippen molar-refractivity contribution in [2.75, 3.05) is 0 Å². The Labute approximate surface area is 179 Å². The molecule has 0 radical (unpaired) electrons. The van der Waals surface area contributed by atoms with E-state index in [1.165, 1.54) is 6.42 Å². The number of hydrogen-bond donors (Lipinski definition) is 1. The molecule has 1 N–H and O–H groups in total. The van der Waals surface area contributed by atoms with Gasteiger partial charge in [0.05, 0.1) is 0 Å². The van der Waals surface area contributed by atoms with E-state index in [2.05, 4.69) is 25.2 Å². The van der Waals surface area contributed by atoms with Crippen LogP contribution >= 0.6 is 12.2 Å². The Hall–Kier alpha value is -1.55. The summed E-state index contributed by atoms with van der Waals surface area (Å²) < 4.78 is 0. The number of thiocarbonyl (C=S) groups is 1. The molecule has 29 heavy (non-hydrogen) atoms. The van der Waals surface area contributed by atoms with E-state index in [1.807, 2.05) is 18.2 Å². The van der Waals surface area contributed by atoms with E-state index in [1.54, 1.807) is 6.08 Å². The fourth-order valence-electron chi connectivity index (χ4n) is 7.71. The van der Waals surface area contributed by atoms with E-state index in [4.69, 9.17) is 12.2 Å². The van der Waals surface area contributed by atoms with Crippen molar-refractivity contribution in [3.05, 3.63) is 36.0 Å². The monoisotopic (exact) mass is 409 g/mol. The second-order valence-electron chi connectivity index (χ2n) is 10.4. The molecule has 4 heteroatoms. The van der Waals surface area contributed by atoms with Gasteiger partial charge in [-0.25, -0.2) is 0 Å². The highest BCUT2D eigenvalue weighted by atomic mass is 32.1. The fraction of sp³-hybridized carbons (Fsp3) is 0.640. The smallest absolute Gasteiger partial charge is 0.243 e. The van der Waals surface area contributed by atoms with Crippen LogP contribution in [0, 0.1) is 34.5 Å². The van der Waals surface area contributed by atoms with E-state index in [9.17, 15) is 9.59 Å². The van der Waals surface area contributed by atoms with Gasteiger partial charge in [-0.1, -0.05) is 50.4 Å². The highest BCUT2D eigenvalue weighted by Crippen LogP contribution is 2.65. The lowest BCUT2D eigenvalue weighted by atomic mass is 9.47. The average Bonchev–Trinajstić information content (AvgIpc) is 3.05. The van der Waals surface area contributed by atoms with Crippen LogP contribution in [0.25, 0.3) is 0 Å². The molecular weight excluding hydrogens is 378 g/mol. The molecule has 3 nitrogen and oxygen atoms in total. The maximum atomic E-state index is 13.5. The van der Waals surface area contributed by atoms with Crippen LogP contribution in [0.1, 0.15) is 58.8 Å². The molecule has 0 unspecified atom stereocenters. The number of Topliss-reactive ketones (excluding diaryl/α,β-unsaturated/α-hetero) is 1. The van der Waals surface area contributed by atoms with Crippen LogP contribution in [0.15, 0.2) is 36.0 Å². The fourth-order valence-corrected chi connectivity index (χ4v) is 7.98. The maximum absolute atomic E-state index is 13.5. The Kier molecular flexibility index (Phi) is 4.51. The molecule has 0 bridgehead atoms. The molecule has 0 aromatic rings. The molecule has 1 aliphatic heterocycles. The number of carbonyl (C=O) groups is 2. The quantitative estimate of drug-likeness (QED) is 0.671. The second-order valence-corrected chi connectivity index (χ2v) is 10.9. The van der Waals surface area contributed by atoms with Gasteiger partial charge in [-0.3, -0.25) is 9.59 Å². The standard InChI is InChI=1S/C25H31NO2S/c1-24-13-11-18-15(7-10-21-25(18,2)14-12-22(27)26-21)17(24)8-9-19(24)23(28)16-5-3-4-6-20(16)29/h3-5,12,14-15,17-19,21H,6-11,13H2,1-2H3,(H,26,27)/t15-,17-,18-,19+,21+,24-,25+/m0/s1. The van der Waals surface area contributed by atoms with E-state index < -0.39 is 0 Å². The summed E-state index contributed by atoms with van der Waals surface area (Å²) in [6.45, 7) is 4.74. The molecular formula is C25H31NO2S. The van der Waals surface area contributed by atoms with E-state index in [0.29, 0.717) is 23.5 Å². The van der Waals surface area contributed by atoms with Crippen LogP contribution in [0.4, 0.5) is 0 Å². The molecule has 5 aliphatic rings. The predicted molar refractivity (Wildman–Crippen MR) is 118 cm³/mol. The maximum Gasteiger partial charge on any atom is 0.243 e. The van der Waals surface area contributed by atoms with Gasteiger partial charge < -0.3 is 5.32 Å². The third-order valence-corrected chi connectivity index (χ3v) is 9.66. The number of hydrogen-bond acceptors (Lipinski definition) is 3. The number of ketones is 1. The normalized spacial score (nSPS) is 45.7. The van der Waals surface area contributed by atoms with Crippen molar-refractivity contribution in [3.63, 3.8) is 0 Å². The Bertz CT molecular complexity index is 870. The molecule has 0 aromatic carbocycles. The number of nitrogens with one attached hydrogen (secondary N) is 1. The van der Waals surface area contributed by atoms with Gasteiger partial charge in [0.25, 0.3) is 0 Å². The lowest BCUT2D eigenvalue weighted by molar-refractivity contribution is -0.129. The first kappa shape index (κ1) is 19.4. The molecule has 0 saturated heterocycles. The molecule has 4 aliphatic carbocycles. The predicted octanol–water partition coefficient (Wildman–Crippen LogP) is 4.73. The summed E-state index contributed by atoms with van der Waals surface area (Å²) >= 11 is 5.52. The number of carbonyl (C=O) groups excluding carboxylic acids is 2. The van der Waals surface area contributed by atoms with Gasteiger partial charge in [0, 0.05) is 34.2 Å². The SMILES string of the molecule is C[C@]12C=CC(=O)N[C@@H]1CC[C@@H]1[C@@H]2CC[C@]2(C)[C@@H](C(=O)C3=CC=CCC3=S)CC[C@@H]12. The van der Waals surface area contributed by atoms with Gasteiger partial charge >= 0.3 is 0 Å². The molecule has 3 fully saturated rings. The lowest BCUT2D eigenvalue weighted by Crippen LogP contribution is -2.59. The van der Waals surface area contributed by atoms with Gasteiger partial charge in [0.1, 0.15) is 0 Å². The molecule has 154 valence electrons. The van der Waals surface area contributed by atoms with Crippen molar-refractivity contribution in [2.45, 2.75) is 64.8 Å². The Morgan fingerprint density at radius 2 is 1.97 bits per heavy atom. The van der Waals surface area contributed by atoms with Gasteiger partial charge in [0.15, 0.2) is 5.78 Å². The van der Waals surface area contributed by atoms with E-state index in [-0.39, 0.29) is 28.7 Å². The summed E-state index contributed by atoms with van der Waals surface area (Å²) in [6, 6.07) is 0.265. The van der Waals surface area contributed by atoms with Crippen molar-refractivity contribution in [1.82, 2.24) is 5.32 Å². The first-order valence-electron chi connectivity index (χ1n) is 11.3. The van der Waals surface area contributed by atoms with Crippen molar-refractivity contribution in [1.29, 1.82) is 0 Å². The zero-order valence-corrected chi connectivity index (χ0v) is 18.3. The zero-order chi connectivity index (χ0) is 20.4. The van der Waals surface area contributed by atoms with E-state index >= 15 is 0 Å². The zero-order valence-electron chi connectivity index (χ0n) is 17.4. The summed E-state index contributed by atoms with van der Waals surface area (Å²) in [5.41, 5.74) is 0.934. The molecule has 5 rings (SSSR count). The summed E-state index contributed by atoms with van der Waals surface area (Å²) in [5.74, 6) is 2.32. The summed E-state index contributed by atoms with van der Waals surface area (Å²) in [6.07, 6.45) is 17.3. The van der Waals surface area contributed by atoms with Gasteiger partial charge in [-0.15, -0.1) is 0 Å². The Morgan fingerprint density at radius 1 is 1.14 bits per heavy atom. The van der Waals surface area contributed by atoms with Crippen molar-refractivity contribution in [2.24, 2.45) is 34.5 Å². The van der Waals surface area contributed by atoms with Crippen molar-refractivity contribution in [3.8, 4) is 0 Å². The molecule has 0 aromatic heterocycles. The number of fused-ring (bicyclic) bond motifs is 5. The average molecular weight is 410 g/mol. The highest BCUT2D eigenvalue weighted by molar-refractivity contribution is 7.81. The first-order chi connectivity index (χ1) is 13.8. The summed E-state index contributed by atoms with van der Waals surface area (Å²) in [5, 5.41) is 3.23. The Morgan fingerprint density at radius 3 is 2.76 bits per heavy atom. The van der Waals surface area contributed by atoms with Crippen LogP contribution < -0.4 is 5.32 Å². The minimum atomic E-state index is 0.0541. The third kappa shape index (κ3) is 2.78. The molecule has 3 saturated carbocycles. The minimum Gasteiger partial charge on any atom is -0.349 e. The van der Waals surface area contributed by atoms with Crippen LogP contribution in [-0.4, -0.2) is 22.6 Å².